The van der Waals surface area contributed by atoms with E-state index in [1.165, 1.54) is 25.0 Å². The number of aromatic nitrogens is 3. The van der Waals surface area contributed by atoms with E-state index < -0.39 is 0 Å². The van der Waals surface area contributed by atoms with Crippen molar-refractivity contribution in [3.8, 4) is 5.69 Å². The molecule has 3 heterocycles. The van der Waals surface area contributed by atoms with Gasteiger partial charge in [0.15, 0.2) is 5.13 Å². The maximum atomic E-state index is 13.5. The van der Waals surface area contributed by atoms with Gasteiger partial charge in [-0.15, -0.1) is 0 Å². The highest BCUT2D eigenvalue weighted by Crippen LogP contribution is 2.32. The largest absolute Gasteiger partial charge is 0.348 e. The average molecular weight is 420 g/mol. The third kappa shape index (κ3) is 3.92. The van der Waals surface area contributed by atoms with Gasteiger partial charge in [-0.25, -0.2) is 14.1 Å². The average Bonchev–Trinajstić information content (AvgIpc) is 3.40. The molecule has 3 aromatic rings. The standard InChI is InChI=1S/C20H23ClFN5S/c1-13(17-11-24-27(14(17)2)16-7-5-6-15(22)10-16)23-12-18-19(21)25-20(28-18)26-8-3-4-9-26/h5-7,10-11,13,23H,3-4,8-9,12H2,1-2H3/t13-/m0/s1. The van der Waals surface area contributed by atoms with Gasteiger partial charge in [-0.2, -0.15) is 5.10 Å². The van der Waals surface area contributed by atoms with Gasteiger partial charge in [-0.3, -0.25) is 0 Å². The van der Waals surface area contributed by atoms with Crippen molar-refractivity contribution < 1.29 is 4.39 Å². The number of anilines is 1. The molecular weight excluding hydrogens is 397 g/mol. The molecule has 1 atom stereocenters. The molecule has 2 aromatic heterocycles. The summed E-state index contributed by atoms with van der Waals surface area (Å²) in [4.78, 5) is 7.88. The van der Waals surface area contributed by atoms with Crippen LogP contribution >= 0.6 is 22.9 Å². The van der Waals surface area contributed by atoms with Crippen molar-refractivity contribution >= 4 is 28.1 Å². The van der Waals surface area contributed by atoms with Crippen LogP contribution in [0, 0.1) is 12.7 Å². The van der Waals surface area contributed by atoms with E-state index >= 15 is 0 Å². The van der Waals surface area contributed by atoms with Gasteiger partial charge in [0.05, 0.1) is 16.8 Å². The number of hydrogen-bond acceptors (Lipinski definition) is 5. The lowest BCUT2D eigenvalue weighted by Gasteiger charge is -2.14. The Morgan fingerprint density at radius 1 is 1.32 bits per heavy atom. The molecule has 0 bridgehead atoms. The molecular formula is C20H23ClFN5S. The molecule has 0 amide bonds. The molecule has 0 radical (unpaired) electrons. The first-order valence-corrected chi connectivity index (χ1v) is 10.7. The SMILES string of the molecule is Cc1c([C@H](C)NCc2sc(N3CCCC3)nc2Cl)cnn1-c1cccc(F)c1. The maximum absolute atomic E-state index is 13.5. The number of thiazole rings is 1. The minimum atomic E-state index is -0.270. The molecule has 8 heteroatoms. The van der Waals surface area contributed by atoms with E-state index in [1.54, 1.807) is 22.1 Å². The second-order valence-electron chi connectivity index (χ2n) is 7.08. The zero-order valence-electron chi connectivity index (χ0n) is 16.0. The first-order chi connectivity index (χ1) is 13.5. The van der Waals surface area contributed by atoms with Crippen LogP contribution in [0.3, 0.4) is 0 Å². The molecule has 4 rings (SSSR count). The number of halogens is 2. The van der Waals surface area contributed by atoms with Gasteiger partial charge in [0.1, 0.15) is 11.0 Å². The number of nitrogens with zero attached hydrogens (tertiary/aromatic N) is 4. The Balaban J connectivity index is 1.45. The van der Waals surface area contributed by atoms with Gasteiger partial charge in [0, 0.05) is 36.9 Å². The molecule has 1 fully saturated rings. The summed E-state index contributed by atoms with van der Waals surface area (Å²) in [7, 11) is 0. The van der Waals surface area contributed by atoms with Crippen LogP contribution in [0.15, 0.2) is 30.5 Å². The first-order valence-electron chi connectivity index (χ1n) is 9.47. The summed E-state index contributed by atoms with van der Waals surface area (Å²) < 4.78 is 15.3. The lowest BCUT2D eigenvalue weighted by atomic mass is 10.1. The van der Waals surface area contributed by atoms with Crippen LogP contribution in [0.5, 0.6) is 0 Å². The Labute approximate surface area is 173 Å². The van der Waals surface area contributed by atoms with E-state index in [0.29, 0.717) is 11.7 Å². The molecule has 1 N–H and O–H groups in total. The molecule has 1 aliphatic heterocycles. The van der Waals surface area contributed by atoms with Gasteiger partial charge in [-0.05, 0) is 44.9 Å². The summed E-state index contributed by atoms with van der Waals surface area (Å²) in [6.07, 6.45) is 4.27. The summed E-state index contributed by atoms with van der Waals surface area (Å²) in [6.45, 7) is 6.86. The summed E-state index contributed by atoms with van der Waals surface area (Å²) in [5.74, 6) is -0.270. The fraction of sp³-hybridized carbons (Fsp3) is 0.400. The fourth-order valence-electron chi connectivity index (χ4n) is 3.55. The molecule has 0 unspecified atom stereocenters. The first kappa shape index (κ1) is 19.4. The van der Waals surface area contributed by atoms with Crippen molar-refractivity contribution in [1.82, 2.24) is 20.1 Å². The smallest absolute Gasteiger partial charge is 0.187 e. The lowest BCUT2D eigenvalue weighted by Crippen LogP contribution is -2.18. The molecule has 0 aliphatic carbocycles. The third-order valence-corrected chi connectivity index (χ3v) is 6.69. The van der Waals surface area contributed by atoms with Crippen LogP contribution in [0.1, 0.15) is 41.9 Å². The van der Waals surface area contributed by atoms with Crippen LogP contribution in [0.4, 0.5) is 9.52 Å². The second kappa shape index (κ2) is 8.19. The predicted octanol–water partition coefficient (Wildman–Crippen LogP) is 4.88. The minimum absolute atomic E-state index is 0.0794. The van der Waals surface area contributed by atoms with Crippen molar-refractivity contribution in [1.29, 1.82) is 0 Å². The summed E-state index contributed by atoms with van der Waals surface area (Å²) in [5, 5.41) is 9.56. The van der Waals surface area contributed by atoms with E-state index in [2.05, 4.69) is 27.2 Å². The van der Waals surface area contributed by atoms with Gasteiger partial charge in [0.2, 0.25) is 0 Å². The molecule has 28 heavy (non-hydrogen) atoms. The maximum Gasteiger partial charge on any atom is 0.187 e. The predicted molar refractivity (Wildman–Crippen MR) is 112 cm³/mol. The second-order valence-corrected chi connectivity index (χ2v) is 8.50. The Bertz CT molecular complexity index is 963. The van der Waals surface area contributed by atoms with E-state index in [-0.39, 0.29) is 11.9 Å². The quantitative estimate of drug-likeness (QED) is 0.618. The number of nitrogens with one attached hydrogen (secondary N) is 1. The Morgan fingerprint density at radius 2 is 2.11 bits per heavy atom. The van der Waals surface area contributed by atoms with Gasteiger partial charge >= 0.3 is 0 Å². The van der Waals surface area contributed by atoms with Gasteiger partial charge in [-0.1, -0.05) is 29.0 Å². The minimum Gasteiger partial charge on any atom is -0.348 e. The molecule has 148 valence electrons. The number of rotatable bonds is 6. The van der Waals surface area contributed by atoms with Crippen molar-refractivity contribution in [2.24, 2.45) is 0 Å². The van der Waals surface area contributed by atoms with E-state index in [9.17, 15) is 4.39 Å². The Hall–Kier alpha value is -1.96. The Kier molecular flexibility index (Phi) is 5.66. The van der Waals surface area contributed by atoms with Crippen LogP contribution in [-0.4, -0.2) is 27.9 Å². The molecule has 1 aliphatic rings. The van der Waals surface area contributed by atoms with E-state index in [1.807, 2.05) is 19.2 Å². The van der Waals surface area contributed by atoms with Crippen molar-refractivity contribution in [2.75, 3.05) is 18.0 Å². The highest BCUT2D eigenvalue weighted by Gasteiger charge is 2.20. The van der Waals surface area contributed by atoms with Crippen molar-refractivity contribution in [2.45, 2.75) is 39.3 Å². The molecule has 1 saturated heterocycles. The van der Waals surface area contributed by atoms with Crippen LogP contribution in [-0.2, 0) is 6.54 Å². The Morgan fingerprint density at radius 3 is 2.86 bits per heavy atom. The normalized spacial score (nSPS) is 15.4. The molecule has 0 spiro atoms. The number of benzene rings is 1. The zero-order chi connectivity index (χ0) is 19.7. The summed E-state index contributed by atoms with van der Waals surface area (Å²) in [5.41, 5.74) is 2.78. The van der Waals surface area contributed by atoms with E-state index in [0.717, 1.165) is 40.0 Å². The van der Waals surface area contributed by atoms with Crippen molar-refractivity contribution in [3.63, 3.8) is 0 Å². The lowest BCUT2D eigenvalue weighted by molar-refractivity contribution is 0.575. The molecule has 1 aromatic carbocycles. The molecule has 0 saturated carbocycles. The summed E-state index contributed by atoms with van der Waals surface area (Å²) >= 11 is 8.02. The summed E-state index contributed by atoms with van der Waals surface area (Å²) in [6, 6.07) is 6.54. The van der Waals surface area contributed by atoms with Crippen LogP contribution in [0.2, 0.25) is 5.15 Å². The monoisotopic (exact) mass is 419 g/mol. The number of hydrogen-bond donors (Lipinski definition) is 1. The van der Waals surface area contributed by atoms with Crippen LogP contribution in [0.25, 0.3) is 5.69 Å². The van der Waals surface area contributed by atoms with Gasteiger partial charge < -0.3 is 10.2 Å². The van der Waals surface area contributed by atoms with Gasteiger partial charge in [0.25, 0.3) is 0 Å². The highest BCUT2D eigenvalue weighted by atomic mass is 35.5. The van der Waals surface area contributed by atoms with E-state index in [4.69, 9.17) is 11.6 Å². The topological polar surface area (TPSA) is 46.0 Å². The third-order valence-electron chi connectivity index (χ3n) is 5.15. The zero-order valence-corrected chi connectivity index (χ0v) is 17.5. The van der Waals surface area contributed by atoms with Crippen molar-refractivity contribution in [3.05, 3.63) is 57.6 Å². The fourth-order valence-corrected chi connectivity index (χ4v) is 4.81. The molecule has 5 nitrogen and oxygen atoms in total. The highest BCUT2D eigenvalue weighted by molar-refractivity contribution is 7.16. The van der Waals surface area contributed by atoms with Crippen LogP contribution < -0.4 is 10.2 Å².